The van der Waals surface area contributed by atoms with Crippen LogP contribution in [0.5, 0.6) is 0 Å². The van der Waals surface area contributed by atoms with E-state index in [1.54, 1.807) is 12.1 Å². The van der Waals surface area contributed by atoms with Crippen LogP contribution >= 0.6 is 0 Å². The Kier molecular flexibility index (Phi) is 7.86. The molecule has 3 heterocycles. The lowest BCUT2D eigenvalue weighted by Crippen LogP contribution is -2.53. The summed E-state index contributed by atoms with van der Waals surface area (Å²) in [7, 11) is 1.53. The fourth-order valence-electron chi connectivity index (χ4n) is 5.41. The molecule has 4 rings (SSSR count). The average molecular weight is 477 g/mol. The largest absolute Gasteiger partial charge is 0.371 e. The van der Waals surface area contributed by atoms with Gasteiger partial charge in [-0.25, -0.2) is 5.26 Å². The highest BCUT2D eigenvalue weighted by molar-refractivity contribution is 6.67. The molecule has 1 N–H and O–H groups in total. The second-order valence-corrected chi connectivity index (χ2v) is 9.91. The van der Waals surface area contributed by atoms with Crippen LogP contribution in [-0.2, 0) is 9.59 Å². The third kappa shape index (κ3) is 5.73. The summed E-state index contributed by atoms with van der Waals surface area (Å²) in [5.41, 5.74) is 1.47. The number of carbonyl (C=O) groups is 4. The van der Waals surface area contributed by atoms with E-state index in [1.165, 1.54) is 11.9 Å². The molecule has 0 aromatic heterocycles. The molecule has 3 fully saturated rings. The van der Waals surface area contributed by atoms with E-state index in [1.807, 2.05) is 6.07 Å². The Balaban J connectivity index is 1.35. The van der Waals surface area contributed by atoms with Gasteiger partial charge in [-0.3, -0.25) is 24.5 Å². The molecule has 1 aromatic rings. The van der Waals surface area contributed by atoms with Gasteiger partial charge in [0.2, 0.25) is 11.8 Å². The van der Waals surface area contributed by atoms with E-state index in [-0.39, 0.29) is 31.0 Å². The quantitative estimate of drug-likeness (QED) is 0.375. The molecule has 9 nitrogen and oxygen atoms in total. The van der Waals surface area contributed by atoms with E-state index < -0.39 is 17.9 Å². The third-order valence-corrected chi connectivity index (χ3v) is 7.66. The summed E-state index contributed by atoms with van der Waals surface area (Å²) in [5, 5.41) is 11.4. The first-order chi connectivity index (χ1) is 16.9. The van der Waals surface area contributed by atoms with Crippen LogP contribution in [0.2, 0.25) is 12.6 Å². The van der Waals surface area contributed by atoms with Crippen LogP contribution in [-0.4, -0.2) is 86.3 Å². The van der Waals surface area contributed by atoms with E-state index in [9.17, 15) is 19.2 Å². The van der Waals surface area contributed by atoms with Gasteiger partial charge in [-0.15, -0.1) is 0 Å². The molecule has 0 spiro atoms. The van der Waals surface area contributed by atoms with Crippen molar-refractivity contribution in [3.63, 3.8) is 0 Å². The number of imide groups is 1. The SMILES string of the molecule is CN(C(=O)c1ccc(N2CCC(CN3CCB(C#N)CC3)CC2)cc1C=O)C1CCC(=O)NC1=O. The number of nitriles is 1. The number of likely N-dealkylation sites (N-methyl/N-ethyl adjacent to an activating group) is 1. The summed E-state index contributed by atoms with van der Waals surface area (Å²) in [6.45, 7) is 5.07. The van der Waals surface area contributed by atoms with Crippen molar-refractivity contribution >= 4 is 36.4 Å². The van der Waals surface area contributed by atoms with Gasteiger partial charge in [-0.2, -0.15) is 0 Å². The van der Waals surface area contributed by atoms with Crippen LogP contribution in [0.1, 0.15) is 46.4 Å². The third-order valence-electron chi connectivity index (χ3n) is 7.66. The van der Waals surface area contributed by atoms with Gasteiger partial charge in [0.1, 0.15) is 6.04 Å². The average Bonchev–Trinajstić information content (AvgIpc) is 2.88. The molecule has 184 valence electrons. The minimum atomic E-state index is -0.732. The van der Waals surface area contributed by atoms with Gasteiger partial charge in [0.25, 0.3) is 12.6 Å². The maximum absolute atomic E-state index is 13.1. The first kappa shape index (κ1) is 24.9. The number of hydrogen-bond acceptors (Lipinski definition) is 7. The van der Waals surface area contributed by atoms with E-state index in [2.05, 4.69) is 21.1 Å². The first-order valence-corrected chi connectivity index (χ1v) is 12.5. The number of benzene rings is 1. The molecule has 1 unspecified atom stereocenters. The Labute approximate surface area is 206 Å². The predicted molar refractivity (Wildman–Crippen MR) is 132 cm³/mol. The Morgan fingerprint density at radius 2 is 1.91 bits per heavy atom. The zero-order valence-corrected chi connectivity index (χ0v) is 20.2. The van der Waals surface area contributed by atoms with Gasteiger partial charge in [0.15, 0.2) is 6.29 Å². The summed E-state index contributed by atoms with van der Waals surface area (Å²) in [5.74, 6) is 1.78. The van der Waals surface area contributed by atoms with Gasteiger partial charge in [0.05, 0.1) is 5.56 Å². The number of rotatable bonds is 6. The number of amides is 3. The molecule has 0 aliphatic carbocycles. The van der Waals surface area contributed by atoms with Crippen molar-refractivity contribution in [3.8, 4) is 5.97 Å². The Hall–Kier alpha value is -3.19. The number of anilines is 1. The minimum absolute atomic E-state index is 0.182. The fraction of sp³-hybridized carbons (Fsp3) is 0.560. The molecule has 1 aromatic carbocycles. The highest BCUT2D eigenvalue weighted by Gasteiger charge is 2.33. The Morgan fingerprint density at radius 3 is 2.54 bits per heavy atom. The van der Waals surface area contributed by atoms with Crippen LogP contribution < -0.4 is 10.2 Å². The minimum Gasteiger partial charge on any atom is -0.371 e. The van der Waals surface area contributed by atoms with Gasteiger partial charge < -0.3 is 14.7 Å². The smallest absolute Gasteiger partial charge is 0.270 e. The highest BCUT2D eigenvalue weighted by atomic mass is 16.2. The highest BCUT2D eigenvalue weighted by Crippen LogP contribution is 2.27. The molecule has 0 radical (unpaired) electrons. The van der Waals surface area contributed by atoms with Crippen molar-refractivity contribution < 1.29 is 19.2 Å². The van der Waals surface area contributed by atoms with Crippen molar-refractivity contribution in [1.29, 1.82) is 5.26 Å². The van der Waals surface area contributed by atoms with Crippen molar-refractivity contribution in [2.45, 2.75) is 44.4 Å². The molecule has 3 aliphatic rings. The number of hydrogen-bond donors (Lipinski definition) is 1. The Morgan fingerprint density at radius 1 is 1.20 bits per heavy atom. The second-order valence-electron chi connectivity index (χ2n) is 9.91. The summed E-state index contributed by atoms with van der Waals surface area (Å²) >= 11 is 0. The molecule has 1 atom stereocenters. The molecule has 3 amide bonds. The molecule has 0 saturated carbocycles. The van der Waals surface area contributed by atoms with Crippen molar-refractivity contribution in [3.05, 3.63) is 29.3 Å². The summed E-state index contributed by atoms with van der Waals surface area (Å²) in [4.78, 5) is 54.6. The van der Waals surface area contributed by atoms with Crippen molar-refractivity contribution in [1.82, 2.24) is 15.1 Å². The van der Waals surface area contributed by atoms with E-state index in [0.717, 1.165) is 63.9 Å². The lowest BCUT2D eigenvalue weighted by molar-refractivity contribution is -0.136. The fourth-order valence-corrected chi connectivity index (χ4v) is 5.41. The van der Waals surface area contributed by atoms with Gasteiger partial charge in [0, 0.05) is 50.3 Å². The first-order valence-electron chi connectivity index (χ1n) is 12.5. The summed E-state index contributed by atoms with van der Waals surface area (Å²) in [6.07, 6.45) is 5.20. The van der Waals surface area contributed by atoms with Gasteiger partial charge in [-0.1, -0.05) is 0 Å². The maximum atomic E-state index is 13.1. The van der Waals surface area contributed by atoms with Crippen LogP contribution in [0.25, 0.3) is 0 Å². The zero-order valence-electron chi connectivity index (χ0n) is 20.2. The van der Waals surface area contributed by atoms with Crippen LogP contribution in [0.3, 0.4) is 0 Å². The summed E-state index contributed by atoms with van der Waals surface area (Å²) in [6, 6.07) is 4.55. The predicted octanol–water partition coefficient (Wildman–Crippen LogP) is 1.47. The van der Waals surface area contributed by atoms with Gasteiger partial charge in [-0.05, 0) is 69.1 Å². The standard InChI is InChI=1S/C25H32BN5O4/c1-29(22-4-5-23(33)28-24(22)34)25(35)21-3-2-20(14-19(21)16-32)31-10-6-18(7-11-31)15-30-12-8-26(17-27)9-13-30/h2-3,14,16,18,22H,4-13,15H2,1H3,(H,28,33,34). The van der Waals surface area contributed by atoms with E-state index in [0.29, 0.717) is 17.8 Å². The van der Waals surface area contributed by atoms with Crippen LogP contribution in [0, 0.1) is 17.1 Å². The van der Waals surface area contributed by atoms with Crippen LogP contribution in [0.15, 0.2) is 18.2 Å². The maximum Gasteiger partial charge on any atom is 0.270 e. The zero-order chi connectivity index (χ0) is 24.9. The molecule has 3 saturated heterocycles. The molecule has 10 heteroatoms. The molecule has 35 heavy (non-hydrogen) atoms. The summed E-state index contributed by atoms with van der Waals surface area (Å²) < 4.78 is 0. The normalized spacial score (nSPS) is 21.9. The molecule has 0 bridgehead atoms. The number of aldehydes is 1. The Bertz CT molecular complexity index is 1030. The lowest BCUT2D eigenvalue weighted by Gasteiger charge is -2.37. The topological polar surface area (TPSA) is 114 Å². The number of piperidine rings is 2. The molecule has 3 aliphatic heterocycles. The van der Waals surface area contributed by atoms with E-state index in [4.69, 9.17) is 5.26 Å². The molecular weight excluding hydrogens is 445 g/mol. The second kappa shape index (κ2) is 11.0. The van der Waals surface area contributed by atoms with Crippen LogP contribution in [0.4, 0.5) is 5.69 Å². The number of nitrogens with one attached hydrogen (secondary N) is 1. The monoisotopic (exact) mass is 477 g/mol. The molecular formula is C25H32BN5O4. The van der Waals surface area contributed by atoms with Crippen molar-refractivity contribution in [2.24, 2.45) is 5.92 Å². The number of carbonyl (C=O) groups excluding carboxylic acids is 4. The lowest BCUT2D eigenvalue weighted by atomic mass is 9.45. The van der Waals surface area contributed by atoms with E-state index >= 15 is 0 Å². The van der Waals surface area contributed by atoms with Crippen molar-refractivity contribution in [2.75, 3.05) is 44.7 Å². The number of nitrogens with zero attached hydrogens (tertiary/aromatic N) is 4. The van der Waals surface area contributed by atoms with Gasteiger partial charge >= 0.3 is 0 Å².